The summed E-state index contributed by atoms with van der Waals surface area (Å²) in [5, 5.41) is 20.5. The minimum atomic E-state index is -1.18. The number of hydrogen-bond donors (Lipinski definition) is 2. The van der Waals surface area contributed by atoms with Gasteiger partial charge in [-0.25, -0.2) is 0 Å². The van der Waals surface area contributed by atoms with Crippen LogP contribution in [0.1, 0.15) is 129 Å². The van der Waals surface area contributed by atoms with Crippen molar-refractivity contribution >= 4 is 0 Å². The second-order valence-electron chi connectivity index (χ2n) is 8.54. The second kappa shape index (κ2) is 19.0. The van der Waals surface area contributed by atoms with Gasteiger partial charge in [0.05, 0.1) is 11.7 Å². The van der Waals surface area contributed by atoms with E-state index in [9.17, 15) is 10.2 Å². The normalized spacial score (nSPS) is 14.8. The van der Waals surface area contributed by atoms with Gasteiger partial charge in [-0.3, -0.25) is 0 Å². The number of aliphatic hydroxyl groups excluding tert-OH is 1. The summed E-state index contributed by atoms with van der Waals surface area (Å²) in [5.41, 5.74) is -1.18. The molecule has 0 aromatic heterocycles. The van der Waals surface area contributed by atoms with Crippen molar-refractivity contribution in [3.63, 3.8) is 0 Å². The fourth-order valence-corrected chi connectivity index (χ4v) is 3.69. The summed E-state index contributed by atoms with van der Waals surface area (Å²) in [7, 11) is 0. The molecule has 0 aliphatic carbocycles. The molecular formula is C25H49O2. The molecule has 0 amide bonds. The molecule has 2 unspecified atom stereocenters. The van der Waals surface area contributed by atoms with E-state index in [0.717, 1.165) is 32.1 Å². The van der Waals surface area contributed by atoms with Gasteiger partial charge in [-0.15, -0.1) is 6.58 Å². The van der Waals surface area contributed by atoms with E-state index in [1.54, 1.807) is 0 Å². The van der Waals surface area contributed by atoms with Crippen LogP contribution in [-0.2, 0) is 0 Å². The molecule has 0 aliphatic rings. The van der Waals surface area contributed by atoms with E-state index < -0.39 is 11.7 Å². The molecule has 0 saturated heterocycles. The molecule has 2 atom stereocenters. The fraction of sp³-hybridized carbons (Fsp3) is 0.880. The highest BCUT2D eigenvalue weighted by molar-refractivity contribution is 4.89. The van der Waals surface area contributed by atoms with E-state index in [-0.39, 0.29) is 0 Å². The van der Waals surface area contributed by atoms with Crippen LogP contribution in [0.5, 0.6) is 0 Å². The minimum absolute atomic E-state index is 0.570. The van der Waals surface area contributed by atoms with Crippen LogP contribution in [-0.4, -0.2) is 21.9 Å². The van der Waals surface area contributed by atoms with Crippen LogP contribution in [0.25, 0.3) is 0 Å². The molecule has 0 aromatic rings. The molecule has 2 N–H and O–H groups in total. The molecule has 27 heavy (non-hydrogen) atoms. The van der Waals surface area contributed by atoms with Crippen LogP contribution in [0.15, 0.2) is 12.7 Å². The van der Waals surface area contributed by atoms with Crippen LogP contribution < -0.4 is 0 Å². The first kappa shape index (κ1) is 26.7. The van der Waals surface area contributed by atoms with Crippen LogP contribution in [0, 0.1) is 6.92 Å². The second-order valence-corrected chi connectivity index (χ2v) is 8.54. The highest BCUT2D eigenvalue weighted by atomic mass is 16.3. The number of hydrogen-bond acceptors (Lipinski definition) is 2. The Morgan fingerprint density at radius 3 is 1.63 bits per heavy atom. The first-order valence-corrected chi connectivity index (χ1v) is 11.9. The van der Waals surface area contributed by atoms with Gasteiger partial charge in [0.2, 0.25) is 0 Å². The molecule has 0 aromatic carbocycles. The van der Waals surface area contributed by atoms with Crippen molar-refractivity contribution in [2.24, 2.45) is 0 Å². The van der Waals surface area contributed by atoms with E-state index in [0.29, 0.717) is 12.8 Å². The Kier molecular flexibility index (Phi) is 18.8. The first-order valence-electron chi connectivity index (χ1n) is 11.9. The zero-order chi connectivity index (χ0) is 20.2. The zero-order valence-corrected chi connectivity index (χ0v) is 18.4. The Morgan fingerprint density at radius 1 is 0.741 bits per heavy atom. The standard InChI is InChI=1S/C25H49O2/c1-4-6-8-10-11-12-13-14-15-16-17-18-19-20-22-24(26)25(3,27)23-21-9-7-5-2/h5,24,26-27H,2-4,6-23H2,1H3. The molecule has 2 nitrogen and oxygen atoms in total. The van der Waals surface area contributed by atoms with Gasteiger partial charge in [-0.1, -0.05) is 109 Å². The lowest BCUT2D eigenvalue weighted by Crippen LogP contribution is -2.39. The van der Waals surface area contributed by atoms with Crippen molar-refractivity contribution in [1.82, 2.24) is 0 Å². The molecule has 0 heterocycles. The third-order valence-electron chi connectivity index (χ3n) is 5.72. The summed E-state index contributed by atoms with van der Waals surface area (Å²) in [6.07, 6.45) is 24.0. The lowest BCUT2D eigenvalue weighted by Gasteiger charge is -2.29. The summed E-state index contributed by atoms with van der Waals surface area (Å²) >= 11 is 0. The van der Waals surface area contributed by atoms with Gasteiger partial charge in [0.25, 0.3) is 0 Å². The van der Waals surface area contributed by atoms with Crippen LogP contribution in [0.3, 0.4) is 0 Å². The molecule has 0 spiro atoms. The van der Waals surface area contributed by atoms with Gasteiger partial charge in [-0.05, 0) is 32.6 Å². The third kappa shape index (κ3) is 17.5. The monoisotopic (exact) mass is 381 g/mol. The summed E-state index contributed by atoms with van der Waals surface area (Å²) in [5.74, 6) is 0. The largest absolute Gasteiger partial charge is 0.390 e. The Bertz CT molecular complexity index is 311. The zero-order valence-electron chi connectivity index (χ0n) is 18.4. The van der Waals surface area contributed by atoms with E-state index in [1.165, 1.54) is 77.0 Å². The van der Waals surface area contributed by atoms with E-state index >= 15 is 0 Å². The van der Waals surface area contributed by atoms with Crippen molar-refractivity contribution in [3.05, 3.63) is 19.6 Å². The first-order chi connectivity index (χ1) is 13.0. The predicted molar refractivity (Wildman–Crippen MR) is 120 cm³/mol. The minimum Gasteiger partial charge on any atom is -0.390 e. The summed E-state index contributed by atoms with van der Waals surface area (Å²) in [6, 6.07) is 0. The lowest BCUT2D eigenvalue weighted by atomic mass is 9.89. The Labute approximate surface area is 170 Å². The van der Waals surface area contributed by atoms with Gasteiger partial charge < -0.3 is 10.2 Å². The average molecular weight is 382 g/mol. The molecule has 0 bridgehead atoms. The number of unbranched alkanes of at least 4 members (excludes halogenated alkanes) is 15. The molecule has 0 saturated carbocycles. The van der Waals surface area contributed by atoms with Crippen molar-refractivity contribution < 1.29 is 10.2 Å². The third-order valence-corrected chi connectivity index (χ3v) is 5.72. The van der Waals surface area contributed by atoms with Crippen LogP contribution in [0.2, 0.25) is 0 Å². The lowest BCUT2D eigenvalue weighted by molar-refractivity contribution is -0.0527. The van der Waals surface area contributed by atoms with Crippen LogP contribution in [0.4, 0.5) is 0 Å². The van der Waals surface area contributed by atoms with Crippen molar-refractivity contribution in [2.75, 3.05) is 0 Å². The molecule has 2 heteroatoms. The summed E-state index contributed by atoms with van der Waals surface area (Å²) < 4.78 is 0. The van der Waals surface area contributed by atoms with E-state index in [1.807, 2.05) is 6.08 Å². The Morgan fingerprint density at radius 2 is 1.19 bits per heavy atom. The molecule has 0 aliphatic heterocycles. The quantitative estimate of drug-likeness (QED) is 0.159. The number of rotatable bonds is 21. The van der Waals surface area contributed by atoms with Gasteiger partial charge in [0.15, 0.2) is 0 Å². The van der Waals surface area contributed by atoms with Crippen molar-refractivity contribution in [2.45, 2.75) is 141 Å². The molecular weight excluding hydrogens is 332 g/mol. The van der Waals surface area contributed by atoms with E-state index in [2.05, 4.69) is 20.4 Å². The number of allylic oxidation sites excluding steroid dienone is 1. The number of aliphatic hydroxyl groups is 2. The maximum absolute atomic E-state index is 10.3. The maximum Gasteiger partial charge on any atom is 0.0906 e. The highest BCUT2D eigenvalue weighted by Gasteiger charge is 2.29. The highest BCUT2D eigenvalue weighted by Crippen LogP contribution is 2.23. The van der Waals surface area contributed by atoms with Gasteiger partial charge in [0, 0.05) is 0 Å². The van der Waals surface area contributed by atoms with Crippen LogP contribution >= 0.6 is 0 Å². The Hall–Kier alpha value is -0.340. The molecule has 0 rings (SSSR count). The molecule has 0 fully saturated rings. The van der Waals surface area contributed by atoms with E-state index in [4.69, 9.17) is 0 Å². The van der Waals surface area contributed by atoms with Crippen molar-refractivity contribution in [3.8, 4) is 0 Å². The summed E-state index contributed by atoms with van der Waals surface area (Å²) in [4.78, 5) is 0. The topological polar surface area (TPSA) is 40.5 Å². The smallest absolute Gasteiger partial charge is 0.0906 e. The van der Waals surface area contributed by atoms with Gasteiger partial charge >= 0.3 is 0 Å². The predicted octanol–water partition coefficient (Wildman–Crippen LogP) is 7.53. The maximum atomic E-state index is 10.3. The SMILES string of the molecule is [CH2]C(O)(CCCCC=C)C(O)CCCCCCCCCCCCCCCC. The Balaban J connectivity index is 3.38. The van der Waals surface area contributed by atoms with Gasteiger partial charge in [0.1, 0.15) is 0 Å². The van der Waals surface area contributed by atoms with Crippen molar-refractivity contribution in [1.29, 1.82) is 0 Å². The summed E-state index contributed by atoms with van der Waals surface area (Å²) in [6.45, 7) is 9.81. The molecule has 1 radical (unpaired) electrons. The molecule has 161 valence electrons. The fourth-order valence-electron chi connectivity index (χ4n) is 3.69. The average Bonchev–Trinajstić information content (AvgIpc) is 2.65. The van der Waals surface area contributed by atoms with Gasteiger partial charge in [-0.2, -0.15) is 0 Å².